The number of nitrogens with two attached hydrogens (primary N) is 1. The van der Waals surface area contributed by atoms with Crippen LogP contribution < -0.4 is 5.73 Å². The average molecular weight is 270 g/mol. The number of rotatable bonds is 7. The Morgan fingerprint density at radius 2 is 1.84 bits per heavy atom. The minimum absolute atomic E-state index is 0.263. The summed E-state index contributed by atoms with van der Waals surface area (Å²) in [6.07, 6.45) is 3.04. The standard InChI is InChI=1S/C14H30N4O/c1-4-7-18(11-10-16(2)3)14(19)12-17-8-5-13(15)6-9-17/h13H,4-12,15H2,1-3H3. The van der Waals surface area contributed by atoms with Gasteiger partial charge in [-0.1, -0.05) is 6.92 Å². The van der Waals surface area contributed by atoms with Crippen LogP contribution in [-0.2, 0) is 4.79 Å². The molecule has 1 aliphatic heterocycles. The Labute approximate surface area is 117 Å². The molecule has 0 unspecified atom stereocenters. The Bertz CT molecular complexity index is 262. The second kappa shape index (κ2) is 8.51. The van der Waals surface area contributed by atoms with E-state index in [1.54, 1.807) is 0 Å². The van der Waals surface area contributed by atoms with Crippen LogP contribution in [0.1, 0.15) is 26.2 Å². The molecule has 2 N–H and O–H groups in total. The van der Waals surface area contributed by atoms with Crippen molar-refractivity contribution in [3.63, 3.8) is 0 Å². The molecule has 112 valence electrons. The van der Waals surface area contributed by atoms with Crippen molar-refractivity contribution in [2.45, 2.75) is 32.2 Å². The van der Waals surface area contributed by atoms with Crippen LogP contribution in [0.5, 0.6) is 0 Å². The number of carbonyl (C=O) groups is 1. The first-order chi connectivity index (χ1) is 9.02. The maximum Gasteiger partial charge on any atom is 0.236 e. The Morgan fingerprint density at radius 3 is 2.37 bits per heavy atom. The molecule has 0 atom stereocenters. The number of amides is 1. The van der Waals surface area contributed by atoms with Crippen LogP contribution in [-0.4, -0.2) is 80.0 Å². The molecule has 1 aliphatic rings. The van der Waals surface area contributed by atoms with E-state index in [4.69, 9.17) is 5.73 Å². The summed E-state index contributed by atoms with van der Waals surface area (Å²) in [5, 5.41) is 0. The fraction of sp³-hybridized carbons (Fsp3) is 0.929. The van der Waals surface area contributed by atoms with Crippen LogP contribution in [0.25, 0.3) is 0 Å². The Hall–Kier alpha value is -0.650. The molecule has 1 rings (SSSR count). The molecule has 5 nitrogen and oxygen atoms in total. The Morgan fingerprint density at radius 1 is 1.21 bits per heavy atom. The Balaban J connectivity index is 2.38. The van der Waals surface area contributed by atoms with E-state index in [0.717, 1.165) is 52.0 Å². The number of nitrogens with zero attached hydrogens (tertiary/aromatic N) is 3. The highest BCUT2D eigenvalue weighted by Crippen LogP contribution is 2.08. The lowest BCUT2D eigenvalue weighted by atomic mass is 10.1. The first-order valence-electron chi connectivity index (χ1n) is 7.43. The predicted octanol–water partition coefficient (Wildman–Crippen LogP) is 0.210. The third kappa shape index (κ3) is 6.36. The van der Waals surface area contributed by atoms with E-state index in [1.165, 1.54) is 0 Å². The van der Waals surface area contributed by atoms with E-state index in [1.807, 2.05) is 19.0 Å². The SMILES string of the molecule is CCCN(CCN(C)C)C(=O)CN1CCC(N)CC1. The highest BCUT2D eigenvalue weighted by Gasteiger charge is 2.20. The number of piperidine rings is 1. The normalized spacial score (nSPS) is 17.9. The van der Waals surface area contributed by atoms with Gasteiger partial charge in [-0.2, -0.15) is 0 Å². The molecule has 0 spiro atoms. The summed E-state index contributed by atoms with van der Waals surface area (Å²) in [6, 6.07) is 0.326. The topological polar surface area (TPSA) is 52.8 Å². The monoisotopic (exact) mass is 270 g/mol. The first kappa shape index (κ1) is 16.4. The number of hydrogen-bond donors (Lipinski definition) is 1. The molecule has 0 aromatic rings. The fourth-order valence-corrected chi connectivity index (χ4v) is 2.35. The van der Waals surface area contributed by atoms with E-state index >= 15 is 0 Å². The van der Waals surface area contributed by atoms with E-state index in [2.05, 4.69) is 16.7 Å². The Kier molecular flexibility index (Phi) is 7.34. The molecule has 5 heteroatoms. The van der Waals surface area contributed by atoms with Gasteiger partial charge in [-0.3, -0.25) is 9.69 Å². The molecule has 19 heavy (non-hydrogen) atoms. The van der Waals surface area contributed by atoms with E-state index in [9.17, 15) is 4.79 Å². The lowest BCUT2D eigenvalue weighted by Crippen LogP contribution is -2.47. The van der Waals surface area contributed by atoms with Crippen LogP contribution in [0.15, 0.2) is 0 Å². The van der Waals surface area contributed by atoms with Gasteiger partial charge in [0.1, 0.15) is 0 Å². The largest absolute Gasteiger partial charge is 0.340 e. The van der Waals surface area contributed by atoms with Crippen molar-refractivity contribution in [1.29, 1.82) is 0 Å². The predicted molar refractivity (Wildman–Crippen MR) is 79.1 cm³/mol. The second-order valence-corrected chi connectivity index (χ2v) is 5.80. The average Bonchev–Trinajstić information content (AvgIpc) is 2.37. The molecule has 0 bridgehead atoms. The van der Waals surface area contributed by atoms with Crippen LogP contribution in [0.4, 0.5) is 0 Å². The highest BCUT2D eigenvalue weighted by molar-refractivity contribution is 5.78. The number of hydrogen-bond acceptors (Lipinski definition) is 4. The van der Waals surface area contributed by atoms with Crippen LogP contribution >= 0.6 is 0 Å². The third-order valence-electron chi connectivity index (χ3n) is 3.65. The molecule has 0 aromatic heterocycles. The van der Waals surface area contributed by atoms with Gasteiger partial charge >= 0.3 is 0 Å². The van der Waals surface area contributed by atoms with E-state index in [-0.39, 0.29) is 5.91 Å². The lowest BCUT2D eigenvalue weighted by Gasteiger charge is -2.32. The number of carbonyl (C=O) groups excluding carboxylic acids is 1. The lowest BCUT2D eigenvalue weighted by molar-refractivity contribution is -0.132. The van der Waals surface area contributed by atoms with Gasteiger partial charge in [0.15, 0.2) is 0 Å². The van der Waals surface area contributed by atoms with Gasteiger partial charge in [0.05, 0.1) is 6.54 Å². The van der Waals surface area contributed by atoms with Crippen LogP contribution in [0.3, 0.4) is 0 Å². The molecule has 0 aliphatic carbocycles. The van der Waals surface area contributed by atoms with Gasteiger partial charge in [-0.15, -0.1) is 0 Å². The van der Waals surface area contributed by atoms with Crippen molar-refractivity contribution in [3.8, 4) is 0 Å². The van der Waals surface area contributed by atoms with Gasteiger partial charge in [0.2, 0.25) is 5.91 Å². The summed E-state index contributed by atoms with van der Waals surface area (Å²) in [5.41, 5.74) is 5.89. The summed E-state index contributed by atoms with van der Waals surface area (Å²) >= 11 is 0. The minimum atomic E-state index is 0.263. The van der Waals surface area contributed by atoms with Gasteiger partial charge in [-0.25, -0.2) is 0 Å². The zero-order chi connectivity index (χ0) is 14.3. The van der Waals surface area contributed by atoms with E-state index < -0.39 is 0 Å². The first-order valence-corrected chi connectivity index (χ1v) is 7.43. The number of likely N-dealkylation sites (tertiary alicyclic amines) is 1. The molecule has 1 heterocycles. The maximum atomic E-state index is 12.3. The summed E-state index contributed by atoms with van der Waals surface area (Å²) in [7, 11) is 4.08. The smallest absolute Gasteiger partial charge is 0.236 e. The van der Waals surface area contributed by atoms with Crippen molar-refractivity contribution in [2.24, 2.45) is 5.73 Å². The molecule has 0 saturated carbocycles. The maximum absolute atomic E-state index is 12.3. The molecular weight excluding hydrogens is 240 g/mol. The fourth-order valence-electron chi connectivity index (χ4n) is 2.35. The summed E-state index contributed by atoms with van der Waals surface area (Å²) in [6.45, 7) is 7.21. The summed E-state index contributed by atoms with van der Waals surface area (Å²) in [4.78, 5) is 18.7. The quantitative estimate of drug-likeness (QED) is 0.718. The van der Waals surface area contributed by atoms with Gasteiger partial charge in [0, 0.05) is 38.8 Å². The second-order valence-electron chi connectivity index (χ2n) is 5.80. The summed E-state index contributed by atoms with van der Waals surface area (Å²) in [5.74, 6) is 0.263. The molecule has 1 amide bonds. The third-order valence-corrected chi connectivity index (χ3v) is 3.65. The van der Waals surface area contributed by atoms with Gasteiger partial charge in [-0.05, 0) is 33.4 Å². The molecule has 1 fully saturated rings. The minimum Gasteiger partial charge on any atom is -0.340 e. The van der Waals surface area contributed by atoms with Gasteiger partial charge in [0.25, 0.3) is 0 Å². The van der Waals surface area contributed by atoms with E-state index in [0.29, 0.717) is 12.6 Å². The van der Waals surface area contributed by atoms with Gasteiger partial charge < -0.3 is 15.5 Å². The van der Waals surface area contributed by atoms with Crippen molar-refractivity contribution in [2.75, 3.05) is 53.4 Å². The van der Waals surface area contributed by atoms with Crippen molar-refractivity contribution in [3.05, 3.63) is 0 Å². The van der Waals surface area contributed by atoms with Crippen LogP contribution in [0, 0.1) is 0 Å². The molecule has 1 saturated heterocycles. The zero-order valence-corrected chi connectivity index (χ0v) is 12.8. The molecule has 0 aromatic carbocycles. The van der Waals surface area contributed by atoms with Crippen molar-refractivity contribution >= 4 is 5.91 Å². The number of likely N-dealkylation sites (N-methyl/N-ethyl adjacent to an activating group) is 1. The molecular formula is C14H30N4O. The van der Waals surface area contributed by atoms with Crippen molar-refractivity contribution in [1.82, 2.24) is 14.7 Å². The summed E-state index contributed by atoms with van der Waals surface area (Å²) < 4.78 is 0. The van der Waals surface area contributed by atoms with Crippen molar-refractivity contribution < 1.29 is 4.79 Å². The van der Waals surface area contributed by atoms with Crippen LogP contribution in [0.2, 0.25) is 0 Å². The molecule has 0 radical (unpaired) electrons. The highest BCUT2D eigenvalue weighted by atomic mass is 16.2. The zero-order valence-electron chi connectivity index (χ0n) is 12.8.